The smallest absolute Gasteiger partial charge is 0.286 e. The molecule has 1 aliphatic rings. The molecule has 1 aliphatic heterocycles. The first-order valence-electron chi connectivity index (χ1n) is 9.18. The third-order valence-corrected chi connectivity index (χ3v) is 7.17. The van der Waals surface area contributed by atoms with Crippen molar-refractivity contribution in [2.75, 3.05) is 11.9 Å². The Hall–Kier alpha value is -2.88. The molecule has 3 aromatic rings. The van der Waals surface area contributed by atoms with E-state index in [-0.39, 0.29) is 22.9 Å². The van der Waals surface area contributed by atoms with Crippen LogP contribution in [0.4, 0.5) is 5.69 Å². The Kier molecular flexibility index (Phi) is 5.27. The number of hydrogen-bond acceptors (Lipinski definition) is 5. The Morgan fingerprint density at radius 2 is 1.83 bits per heavy atom. The largest absolute Gasteiger partial charge is 0.449 e. The quantitative estimate of drug-likeness (QED) is 0.622. The van der Waals surface area contributed by atoms with Crippen molar-refractivity contribution in [2.45, 2.75) is 23.8 Å². The van der Waals surface area contributed by atoms with E-state index in [4.69, 9.17) is 21.8 Å². The predicted octanol–water partition coefficient (Wildman–Crippen LogP) is 2.98. The Morgan fingerprint density at radius 1 is 1.13 bits per heavy atom. The van der Waals surface area contributed by atoms with E-state index in [1.54, 1.807) is 24.3 Å². The first kappa shape index (κ1) is 20.4. The normalized spacial score (nSPS) is 17.3. The number of primary amides is 1. The molecule has 0 aliphatic carbocycles. The maximum absolute atomic E-state index is 13.1. The lowest BCUT2D eigenvalue weighted by molar-refractivity contribution is -0.119. The molecule has 0 radical (unpaired) electrons. The molecule has 30 heavy (non-hydrogen) atoms. The summed E-state index contributed by atoms with van der Waals surface area (Å²) in [6.45, 7) is 0.206. The minimum Gasteiger partial charge on any atom is -0.449 e. The summed E-state index contributed by atoms with van der Waals surface area (Å²) in [5, 5.41) is 3.58. The highest BCUT2D eigenvalue weighted by Gasteiger charge is 2.40. The van der Waals surface area contributed by atoms with Gasteiger partial charge in [0.05, 0.1) is 4.90 Å². The van der Waals surface area contributed by atoms with Crippen LogP contribution in [0.3, 0.4) is 0 Å². The molecule has 10 heteroatoms. The average molecular weight is 448 g/mol. The van der Waals surface area contributed by atoms with Crippen molar-refractivity contribution >= 4 is 50.1 Å². The van der Waals surface area contributed by atoms with Gasteiger partial charge in [-0.2, -0.15) is 4.31 Å². The van der Waals surface area contributed by atoms with Gasteiger partial charge in [-0.05, 0) is 49.2 Å². The van der Waals surface area contributed by atoms with Crippen LogP contribution in [0.2, 0.25) is 5.02 Å². The number of nitrogens with zero attached hydrogens (tertiary/aromatic N) is 1. The fraction of sp³-hybridized carbons (Fsp3) is 0.200. The molecule has 1 saturated heterocycles. The molecule has 0 bridgehead atoms. The first-order chi connectivity index (χ1) is 14.3. The average Bonchev–Trinajstić information content (AvgIpc) is 3.34. The molecule has 0 saturated carbocycles. The minimum absolute atomic E-state index is 0.0539. The SMILES string of the molecule is NC(=O)c1oc2ccccc2c1NC(=O)[C@H]1CCCN1S(=O)(=O)c1ccc(Cl)cc1. The number of para-hydroxylation sites is 1. The maximum atomic E-state index is 13.1. The number of furan rings is 1. The van der Waals surface area contributed by atoms with Gasteiger partial charge >= 0.3 is 0 Å². The molecule has 0 spiro atoms. The van der Waals surface area contributed by atoms with Gasteiger partial charge in [-0.3, -0.25) is 9.59 Å². The Bertz CT molecular complexity index is 1240. The zero-order chi connectivity index (χ0) is 21.5. The lowest BCUT2D eigenvalue weighted by Crippen LogP contribution is -2.43. The Labute approximate surface area is 177 Å². The van der Waals surface area contributed by atoms with Gasteiger partial charge in [0, 0.05) is 17.0 Å². The monoisotopic (exact) mass is 447 g/mol. The molecule has 0 unspecified atom stereocenters. The number of nitrogens with two attached hydrogens (primary N) is 1. The molecule has 8 nitrogen and oxygen atoms in total. The number of fused-ring (bicyclic) bond motifs is 1. The van der Waals surface area contributed by atoms with E-state index in [2.05, 4.69) is 5.32 Å². The molecule has 2 amide bonds. The molecule has 1 fully saturated rings. The second kappa shape index (κ2) is 7.75. The van der Waals surface area contributed by atoms with Gasteiger partial charge in [0.15, 0.2) is 0 Å². The van der Waals surface area contributed by atoms with Gasteiger partial charge in [0.2, 0.25) is 21.7 Å². The number of sulfonamides is 1. The number of benzene rings is 2. The Balaban J connectivity index is 1.65. The van der Waals surface area contributed by atoms with Crippen molar-refractivity contribution in [2.24, 2.45) is 5.73 Å². The van der Waals surface area contributed by atoms with Crippen LogP contribution >= 0.6 is 11.6 Å². The van der Waals surface area contributed by atoms with Crippen LogP contribution in [0, 0.1) is 0 Å². The first-order valence-corrected chi connectivity index (χ1v) is 11.0. The van der Waals surface area contributed by atoms with E-state index < -0.39 is 27.9 Å². The van der Waals surface area contributed by atoms with Crippen molar-refractivity contribution in [1.29, 1.82) is 0 Å². The topological polar surface area (TPSA) is 123 Å². The van der Waals surface area contributed by atoms with Gasteiger partial charge in [-0.15, -0.1) is 0 Å². The molecular weight excluding hydrogens is 430 g/mol. The standard InChI is InChI=1S/C20H18ClN3O5S/c21-12-7-9-13(10-8-12)30(27,28)24-11-3-5-15(24)20(26)23-17-14-4-1-2-6-16(14)29-18(17)19(22)25/h1-2,4,6-10,15H,3,5,11H2,(H2,22,25)(H,23,26)/t15-/m1/s1. The van der Waals surface area contributed by atoms with Crippen molar-refractivity contribution in [3.8, 4) is 0 Å². The highest BCUT2D eigenvalue weighted by atomic mass is 35.5. The van der Waals surface area contributed by atoms with Crippen LogP contribution in [0.25, 0.3) is 11.0 Å². The zero-order valence-electron chi connectivity index (χ0n) is 15.7. The summed E-state index contributed by atoms with van der Waals surface area (Å²) >= 11 is 5.85. The van der Waals surface area contributed by atoms with E-state index in [0.717, 1.165) is 4.31 Å². The van der Waals surface area contributed by atoms with Crippen LogP contribution in [0.5, 0.6) is 0 Å². The number of halogens is 1. The molecule has 156 valence electrons. The highest BCUT2D eigenvalue weighted by Crippen LogP contribution is 2.32. The van der Waals surface area contributed by atoms with Crippen molar-refractivity contribution in [3.63, 3.8) is 0 Å². The van der Waals surface area contributed by atoms with E-state index in [0.29, 0.717) is 28.8 Å². The van der Waals surface area contributed by atoms with Crippen molar-refractivity contribution in [3.05, 3.63) is 59.3 Å². The summed E-state index contributed by atoms with van der Waals surface area (Å²) < 4.78 is 32.8. The van der Waals surface area contributed by atoms with Gasteiger partial charge < -0.3 is 15.5 Å². The molecule has 3 N–H and O–H groups in total. The van der Waals surface area contributed by atoms with E-state index >= 15 is 0 Å². The second-order valence-electron chi connectivity index (χ2n) is 6.88. The second-order valence-corrected chi connectivity index (χ2v) is 9.21. The number of hydrogen-bond donors (Lipinski definition) is 2. The van der Waals surface area contributed by atoms with Gasteiger partial charge in [-0.25, -0.2) is 8.42 Å². The fourth-order valence-electron chi connectivity index (χ4n) is 3.58. The van der Waals surface area contributed by atoms with Gasteiger partial charge in [-0.1, -0.05) is 23.7 Å². The molecule has 1 atom stereocenters. The summed E-state index contributed by atoms with van der Waals surface area (Å²) in [6.07, 6.45) is 0.875. The van der Waals surface area contributed by atoms with Crippen LogP contribution in [-0.2, 0) is 14.8 Å². The number of amides is 2. The lowest BCUT2D eigenvalue weighted by Gasteiger charge is -2.23. The predicted molar refractivity (Wildman–Crippen MR) is 112 cm³/mol. The lowest BCUT2D eigenvalue weighted by atomic mass is 10.2. The summed E-state index contributed by atoms with van der Waals surface area (Å²) in [7, 11) is -3.90. The van der Waals surface area contributed by atoms with Gasteiger partial charge in [0.25, 0.3) is 5.91 Å². The summed E-state index contributed by atoms with van der Waals surface area (Å²) in [6, 6.07) is 11.6. The van der Waals surface area contributed by atoms with Gasteiger partial charge in [0.1, 0.15) is 17.3 Å². The van der Waals surface area contributed by atoms with Crippen LogP contribution < -0.4 is 11.1 Å². The number of nitrogens with one attached hydrogen (secondary N) is 1. The number of rotatable bonds is 5. The van der Waals surface area contributed by atoms with Crippen molar-refractivity contribution in [1.82, 2.24) is 4.31 Å². The number of anilines is 1. The summed E-state index contributed by atoms with van der Waals surface area (Å²) in [4.78, 5) is 24.9. The summed E-state index contributed by atoms with van der Waals surface area (Å²) in [5.41, 5.74) is 5.92. The molecule has 2 heterocycles. The Morgan fingerprint density at radius 3 is 2.53 bits per heavy atom. The number of carbonyl (C=O) groups is 2. The third-order valence-electron chi connectivity index (χ3n) is 4.99. The van der Waals surface area contributed by atoms with E-state index in [9.17, 15) is 18.0 Å². The molecule has 4 rings (SSSR count). The number of carbonyl (C=O) groups excluding carboxylic acids is 2. The van der Waals surface area contributed by atoms with Crippen LogP contribution in [0.15, 0.2) is 57.8 Å². The summed E-state index contributed by atoms with van der Waals surface area (Å²) in [5.74, 6) is -1.58. The van der Waals surface area contributed by atoms with E-state index in [1.165, 1.54) is 24.3 Å². The minimum atomic E-state index is -3.90. The fourth-order valence-corrected chi connectivity index (χ4v) is 5.36. The molecule has 2 aromatic carbocycles. The van der Waals surface area contributed by atoms with Crippen LogP contribution in [-0.4, -0.2) is 37.1 Å². The zero-order valence-corrected chi connectivity index (χ0v) is 17.2. The van der Waals surface area contributed by atoms with Crippen molar-refractivity contribution < 1.29 is 22.4 Å². The molecule has 1 aromatic heterocycles. The molecular formula is C20H18ClN3O5S. The maximum Gasteiger partial charge on any atom is 0.286 e. The van der Waals surface area contributed by atoms with Crippen LogP contribution in [0.1, 0.15) is 23.4 Å². The van der Waals surface area contributed by atoms with E-state index in [1.807, 2.05) is 0 Å². The third kappa shape index (κ3) is 3.55. The highest BCUT2D eigenvalue weighted by molar-refractivity contribution is 7.89.